The molecule has 1 aromatic heterocycles. The van der Waals surface area contributed by atoms with E-state index in [0.29, 0.717) is 0 Å². The van der Waals surface area contributed by atoms with Gasteiger partial charge < -0.3 is 10.6 Å². The molecule has 0 saturated carbocycles. The molecule has 100 valence electrons. The highest BCUT2D eigenvalue weighted by atomic mass is 32.1. The van der Waals surface area contributed by atoms with E-state index in [1.54, 1.807) is 18.3 Å². The third-order valence-corrected chi connectivity index (χ3v) is 3.70. The van der Waals surface area contributed by atoms with Crippen LogP contribution in [0.1, 0.15) is 42.1 Å². The van der Waals surface area contributed by atoms with Crippen LogP contribution in [0.5, 0.6) is 0 Å². The van der Waals surface area contributed by atoms with Gasteiger partial charge in [-0.15, -0.1) is 11.3 Å². The van der Waals surface area contributed by atoms with Crippen LogP contribution in [0.25, 0.3) is 0 Å². The molecule has 0 aliphatic rings. The first kappa shape index (κ1) is 14.7. The van der Waals surface area contributed by atoms with Crippen LogP contribution in [-0.4, -0.2) is 17.9 Å². The zero-order chi connectivity index (χ0) is 13.9. The van der Waals surface area contributed by atoms with Crippen LogP contribution >= 0.6 is 11.3 Å². The summed E-state index contributed by atoms with van der Waals surface area (Å²) in [5.41, 5.74) is 1.14. The number of carbonyl (C=O) groups is 2. The number of thiophene rings is 1. The van der Waals surface area contributed by atoms with Crippen molar-refractivity contribution in [2.45, 2.75) is 46.7 Å². The Morgan fingerprint density at radius 1 is 1.22 bits per heavy atom. The van der Waals surface area contributed by atoms with Crippen LogP contribution < -0.4 is 10.6 Å². The van der Waals surface area contributed by atoms with E-state index in [-0.39, 0.29) is 17.9 Å². The molecule has 0 radical (unpaired) electrons. The Morgan fingerprint density at radius 2 is 1.83 bits per heavy atom. The van der Waals surface area contributed by atoms with Gasteiger partial charge in [-0.3, -0.25) is 9.59 Å². The standard InChI is InChI=1S/C13H20N2O2S/c1-7-6-12(10(4)18-7)8(2)15-13(17)9(3)14-11(5)16/h6,8-9H,1-5H3,(H,14,16)(H,15,17). The highest BCUT2D eigenvalue weighted by Gasteiger charge is 2.18. The molecule has 0 aliphatic carbocycles. The molecule has 0 saturated heterocycles. The van der Waals surface area contributed by atoms with E-state index in [1.165, 1.54) is 16.7 Å². The molecule has 2 atom stereocenters. The lowest BCUT2D eigenvalue weighted by Crippen LogP contribution is -2.44. The summed E-state index contributed by atoms with van der Waals surface area (Å²) in [5, 5.41) is 5.48. The Labute approximate surface area is 112 Å². The van der Waals surface area contributed by atoms with Crippen molar-refractivity contribution in [1.29, 1.82) is 0 Å². The van der Waals surface area contributed by atoms with Crippen molar-refractivity contribution >= 4 is 23.2 Å². The molecule has 4 nitrogen and oxygen atoms in total. The Hall–Kier alpha value is -1.36. The van der Waals surface area contributed by atoms with Crippen molar-refractivity contribution in [1.82, 2.24) is 10.6 Å². The summed E-state index contributed by atoms with van der Waals surface area (Å²) in [6.45, 7) is 9.13. The van der Waals surface area contributed by atoms with E-state index in [9.17, 15) is 9.59 Å². The van der Waals surface area contributed by atoms with Gasteiger partial charge in [-0.05, 0) is 39.3 Å². The van der Waals surface area contributed by atoms with Crippen molar-refractivity contribution in [3.8, 4) is 0 Å². The maximum Gasteiger partial charge on any atom is 0.242 e. The number of amides is 2. The SMILES string of the molecule is CC(=O)NC(C)C(=O)NC(C)c1cc(C)sc1C. The normalized spacial score (nSPS) is 13.8. The molecule has 0 spiro atoms. The summed E-state index contributed by atoms with van der Waals surface area (Å²) in [7, 11) is 0. The van der Waals surface area contributed by atoms with Gasteiger partial charge in [0, 0.05) is 16.7 Å². The minimum atomic E-state index is -0.509. The average molecular weight is 268 g/mol. The first-order chi connectivity index (χ1) is 8.31. The molecule has 2 N–H and O–H groups in total. The molecule has 0 bridgehead atoms. The van der Waals surface area contributed by atoms with Gasteiger partial charge in [0.2, 0.25) is 11.8 Å². The lowest BCUT2D eigenvalue weighted by atomic mass is 10.1. The maximum atomic E-state index is 11.9. The second-order valence-corrected chi connectivity index (χ2v) is 5.98. The van der Waals surface area contributed by atoms with Crippen LogP contribution in [-0.2, 0) is 9.59 Å². The highest BCUT2D eigenvalue weighted by molar-refractivity contribution is 7.12. The lowest BCUT2D eigenvalue weighted by molar-refractivity contribution is -0.128. The predicted molar refractivity (Wildman–Crippen MR) is 73.6 cm³/mol. The molecular weight excluding hydrogens is 248 g/mol. The Morgan fingerprint density at radius 3 is 2.28 bits per heavy atom. The first-order valence-corrected chi connectivity index (χ1v) is 6.77. The second kappa shape index (κ2) is 6.00. The molecule has 0 fully saturated rings. The molecule has 1 aromatic rings. The number of hydrogen-bond acceptors (Lipinski definition) is 3. The Balaban J connectivity index is 2.64. The van der Waals surface area contributed by atoms with Gasteiger partial charge in [-0.1, -0.05) is 0 Å². The molecule has 2 unspecified atom stereocenters. The predicted octanol–water partition coefficient (Wildman–Crippen LogP) is 2.07. The van der Waals surface area contributed by atoms with Crippen LogP contribution in [0.4, 0.5) is 0 Å². The number of rotatable bonds is 4. The molecule has 18 heavy (non-hydrogen) atoms. The zero-order valence-electron chi connectivity index (χ0n) is 11.5. The van der Waals surface area contributed by atoms with Crippen LogP contribution in [0.2, 0.25) is 0 Å². The van der Waals surface area contributed by atoms with Gasteiger partial charge in [0.1, 0.15) is 6.04 Å². The van der Waals surface area contributed by atoms with Gasteiger partial charge in [-0.2, -0.15) is 0 Å². The number of carbonyl (C=O) groups excluding carboxylic acids is 2. The average Bonchev–Trinajstić information content (AvgIpc) is 2.56. The topological polar surface area (TPSA) is 58.2 Å². The summed E-state index contributed by atoms with van der Waals surface area (Å²) in [6.07, 6.45) is 0. The Bertz CT molecular complexity index is 454. The molecule has 0 aliphatic heterocycles. The molecule has 2 amide bonds. The van der Waals surface area contributed by atoms with E-state index in [4.69, 9.17) is 0 Å². The quantitative estimate of drug-likeness (QED) is 0.878. The Kier molecular flexibility index (Phi) is 4.90. The van der Waals surface area contributed by atoms with Gasteiger partial charge in [0.25, 0.3) is 0 Å². The summed E-state index contributed by atoms with van der Waals surface area (Å²) in [4.78, 5) is 25.2. The third-order valence-electron chi connectivity index (χ3n) is 2.72. The van der Waals surface area contributed by atoms with E-state index in [2.05, 4.69) is 23.6 Å². The van der Waals surface area contributed by atoms with Gasteiger partial charge in [0.15, 0.2) is 0 Å². The second-order valence-electron chi connectivity index (χ2n) is 4.52. The van der Waals surface area contributed by atoms with Crippen molar-refractivity contribution in [2.75, 3.05) is 0 Å². The monoisotopic (exact) mass is 268 g/mol. The summed E-state index contributed by atoms with van der Waals surface area (Å²) >= 11 is 1.72. The van der Waals surface area contributed by atoms with Gasteiger partial charge in [-0.25, -0.2) is 0 Å². The fourth-order valence-electron chi connectivity index (χ4n) is 1.87. The van der Waals surface area contributed by atoms with E-state index < -0.39 is 6.04 Å². The maximum absolute atomic E-state index is 11.9. The molecule has 0 aromatic carbocycles. The fourth-order valence-corrected chi connectivity index (χ4v) is 2.89. The van der Waals surface area contributed by atoms with Crippen molar-refractivity contribution in [2.24, 2.45) is 0 Å². The summed E-state index contributed by atoms with van der Waals surface area (Å²) < 4.78 is 0. The zero-order valence-corrected chi connectivity index (χ0v) is 12.3. The van der Waals surface area contributed by atoms with Crippen molar-refractivity contribution < 1.29 is 9.59 Å². The largest absolute Gasteiger partial charge is 0.348 e. The minimum Gasteiger partial charge on any atom is -0.348 e. The molecule has 1 heterocycles. The molecule has 5 heteroatoms. The van der Waals surface area contributed by atoms with E-state index in [0.717, 1.165) is 5.56 Å². The van der Waals surface area contributed by atoms with Gasteiger partial charge in [0.05, 0.1) is 6.04 Å². The van der Waals surface area contributed by atoms with Gasteiger partial charge >= 0.3 is 0 Å². The lowest BCUT2D eigenvalue weighted by Gasteiger charge is -2.18. The third kappa shape index (κ3) is 3.84. The highest BCUT2D eigenvalue weighted by Crippen LogP contribution is 2.26. The minimum absolute atomic E-state index is 0.0429. The summed E-state index contributed by atoms with van der Waals surface area (Å²) in [5.74, 6) is -0.367. The fraction of sp³-hybridized carbons (Fsp3) is 0.538. The van der Waals surface area contributed by atoms with E-state index in [1.807, 2.05) is 13.8 Å². The number of nitrogens with one attached hydrogen (secondary N) is 2. The van der Waals surface area contributed by atoms with Crippen LogP contribution in [0, 0.1) is 13.8 Å². The molecule has 1 rings (SSSR count). The number of aryl methyl sites for hydroxylation is 2. The van der Waals surface area contributed by atoms with Crippen LogP contribution in [0.3, 0.4) is 0 Å². The summed E-state index contributed by atoms with van der Waals surface area (Å²) in [6, 6.07) is 1.54. The van der Waals surface area contributed by atoms with Crippen molar-refractivity contribution in [3.05, 3.63) is 21.4 Å². The first-order valence-electron chi connectivity index (χ1n) is 5.95. The molecular formula is C13H20N2O2S. The van der Waals surface area contributed by atoms with Crippen LogP contribution in [0.15, 0.2) is 6.07 Å². The van der Waals surface area contributed by atoms with E-state index >= 15 is 0 Å². The number of hydrogen-bond donors (Lipinski definition) is 2. The smallest absolute Gasteiger partial charge is 0.242 e. The van der Waals surface area contributed by atoms with Crippen molar-refractivity contribution in [3.63, 3.8) is 0 Å².